The third-order valence-corrected chi connectivity index (χ3v) is 5.54. The predicted molar refractivity (Wildman–Crippen MR) is 106 cm³/mol. The first-order chi connectivity index (χ1) is 13.4. The number of amides is 1. The lowest BCUT2D eigenvalue weighted by atomic mass is 10.1. The van der Waals surface area contributed by atoms with Crippen LogP contribution in [0.3, 0.4) is 0 Å². The summed E-state index contributed by atoms with van der Waals surface area (Å²) in [7, 11) is -4.04. The molecule has 0 unspecified atom stereocenters. The van der Waals surface area contributed by atoms with E-state index in [1.165, 1.54) is 42.5 Å². The van der Waals surface area contributed by atoms with Crippen LogP contribution in [-0.2, 0) is 10.0 Å². The van der Waals surface area contributed by atoms with Crippen LogP contribution in [0, 0.1) is 5.82 Å². The minimum absolute atomic E-state index is 0.129. The normalized spacial score (nSPS) is 12.2. The van der Waals surface area contributed by atoms with E-state index in [0.717, 1.165) is 11.6 Å². The van der Waals surface area contributed by atoms with Crippen LogP contribution < -0.4 is 10.0 Å². The minimum Gasteiger partial charge on any atom is -0.346 e. The molecular weight excluding hydrogens is 379 g/mol. The van der Waals surface area contributed by atoms with Gasteiger partial charge in [0.15, 0.2) is 0 Å². The maximum atomic E-state index is 13.8. The SMILES string of the molecule is C[C@@H](NC(=O)c1cccc(S(=O)(=O)Nc2ccccc2F)c1)c1ccccc1. The molecule has 0 aliphatic rings. The van der Waals surface area contributed by atoms with Crippen molar-refractivity contribution in [3.8, 4) is 0 Å². The number of anilines is 1. The van der Waals surface area contributed by atoms with E-state index in [0.29, 0.717) is 0 Å². The van der Waals surface area contributed by atoms with Crippen LogP contribution in [0.1, 0.15) is 28.9 Å². The van der Waals surface area contributed by atoms with Crippen molar-refractivity contribution in [2.24, 2.45) is 0 Å². The number of nitrogens with one attached hydrogen (secondary N) is 2. The summed E-state index contributed by atoms with van der Waals surface area (Å²) in [5, 5.41) is 2.84. The zero-order chi connectivity index (χ0) is 20.1. The van der Waals surface area contributed by atoms with E-state index < -0.39 is 21.7 Å². The van der Waals surface area contributed by atoms with Crippen molar-refractivity contribution in [3.63, 3.8) is 0 Å². The predicted octanol–water partition coefficient (Wildman–Crippen LogP) is 4.12. The first kappa shape index (κ1) is 19.6. The molecule has 0 aliphatic carbocycles. The molecular formula is C21H19FN2O3S. The summed E-state index contributed by atoms with van der Waals surface area (Å²) in [5.74, 6) is -1.09. The Labute approximate surface area is 163 Å². The van der Waals surface area contributed by atoms with Crippen molar-refractivity contribution < 1.29 is 17.6 Å². The van der Waals surface area contributed by atoms with Crippen LogP contribution in [-0.4, -0.2) is 14.3 Å². The molecule has 0 saturated heterocycles. The average Bonchev–Trinajstić information content (AvgIpc) is 2.70. The Morgan fingerprint density at radius 3 is 2.32 bits per heavy atom. The highest BCUT2D eigenvalue weighted by atomic mass is 32.2. The Kier molecular flexibility index (Phi) is 5.75. The monoisotopic (exact) mass is 398 g/mol. The number of carbonyl (C=O) groups excluding carboxylic acids is 1. The van der Waals surface area contributed by atoms with Crippen molar-refractivity contribution in [2.45, 2.75) is 17.9 Å². The Morgan fingerprint density at radius 1 is 0.929 bits per heavy atom. The Bertz CT molecular complexity index is 1090. The van der Waals surface area contributed by atoms with Crippen molar-refractivity contribution in [3.05, 3.63) is 95.8 Å². The molecule has 144 valence electrons. The lowest BCUT2D eigenvalue weighted by molar-refractivity contribution is 0.0939. The lowest BCUT2D eigenvalue weighted by Crippen LogP contribution is -2.27. The summed E-state index contributed by atoms with van der Waals surface area (Å²) in [4.78, 5) is 12.4. The van der Waals surface area contributed by atoms with Crippen LogP contribution in [0.25, 0.3) is 0 Å². The highest BCUT2D eigenvalue weighted by Gasteiger charge is 2.19. The third kappa shape index (κ3) is 4.55. The third-order valence-electron chi connectivity index (χ3n) is 4.17. The molecule has 0 aromatic heterocycles. The zero-order valence-electron chi connectivity index (χ0n) is 15.1. The number of halogens is 1. The molecule has 0 bridgehead atoms. The topological polar surface area (TPSA) is 75.3 Å². The van der Waals surface area contributed by atoms with Crippen molar-refractivity contribution >= 4 is 21.6 Å². The first-order valence-corrected chi connectivity index (χ1v) is 10.1. The van der Waals surface area contributed by atoms with E-state index in [1.807, 2.05) is 37.3 Å². The van der Waals surface area contributed by atoms with E-state index in [2.05, 4.69) is 10.0 Å². The van der Waals surface area contributed by atoms with Gasteiger partial charge in [-0.3, -0.25) is 9.52 Å². The minimum atomic E-state index is -4.04. The van der Waals surface area contributed by atoms with Gasteiger partial charge < -0.3 is 5.32 Å². The Balaban J connectivity index is 1.79. The highest BCUT2D eigenvalue weighted by Crippen LogP contribution is 2.20. The lowest BCUT2D eigenvalue weighted by Gasteiger charge is -2.15. The van der Waals surface area contributed by atoms with Crippen LogP contribution in [0.15, 0.2) is 83.8 Å². The molecule has 3 aromatic carbocycles. The van der Waals surface area contributed by atoms with Gasteiger partial charge in [0.2, 0.25) is 0 Å². The summed E-state index contributed by atoms with van der Waals surface area (Å²) in [6.07, 6.45) is 0. The maximum absolute atomic E-state index is 13.8. The second-order valence-electron chi connectivity index (χ2n) is 6.22. The molecule has 1 amide bonds. The summed E-state index contributed by atoms with van der Waals surface area (Å²) < 4.78 is 41.1. The molecule has 0 spiro atoms. The average molecular weight is 398 g/mol. The molecule has 0 radical (unpaired) electrons. The van der Waals surface area contributed by atoms with E-state index >= 15 is 0 Å². The number of hydrogen-bond acceptors (Lipinski definition) is 3. The molecule has 5 nitrogen and oxygen atoms in total. The second kappa shape index (κ2) is 8.22. The molecule has 0 saturated carbocycles. The van der Waals surface area contributed by atoms with Crippen LogP contribution >= 0.6 is 0 Å². The summed E-state index contributed by atoms with van der Waals surface area (Å²) in [5.41, 5.74) is 0.968. The van der Waals surface area contributed by atoms with Crippen LogP contribution in [0.5, 0.6) is 0 Å². The number of carbonyl (C=O) groups is 1. The second-order valence-corrected chi connectivity index (χ2v) is 7.90. The Hall–Kier alpha value is -3.19. The molecule has 3 rings (SSSR count). The molecule has 1 atom stereocenters. The van der Waals surface area contributed by atoms with Gasteiger partial charge in [-0.25, -0.2) is 12.8 Å². The standard InChI is InChI=1S/C21H19FN2O3S/c1-15(16-8-3-2-4-9-16)23-21(25)17-10-7-11-18(14-17)28(26,27)24-20-13-6-5-12-19(20)22/h2-15,24H,1H3,(H,23,25)/t15-/m1/s1. The summed E-state index contributed by atoms with van der Waals surface area (Å²) in [6, 6.07) is 20.2. The van der Waals surface area contributed by atoms with Gasteiger partial charge in [0, 0.05) is 5.56 Å². The molecule has 3 aromatic rings. The molecule has 0 heterocycles. The largest absolute Gasteiger partial charge is 0.346 e. The van der Waals surface area contributed by atoms with Gasteiger partial charge in [-0.05, 0) is 42.8 Å². The smallest absolute Gasteiger partial charge is 0.262 e. The number of benzene rings is 3. The van der Waals surface area contributed by atoms with Crippen molar-refractivity contribution in [1.29, 1.82) is 0 Å². The van der Waals surface area contributed by atoms with Gasteiger partial charge in [0.05, 0.1) is 16.6 Å². The van der Waals surface area contributed by atoms with Crippen LogP contribution in [0.4, 0.5) is 10.1 Å². The van der Waals surface area contributed by atoms with Gasteiger partial charge in [-0.15, -0.1) is 0 Å². The Morgan fingerprint density at radius 2 is 1.61 bits per heavy atom. The number of rotatable bonds is 6. The van der Waals surface area contributed by atoms with Gasteiger partial charge in [0.1, 0.15) is 5.82 Å². The van der Waals surface area contributed by atoms with E-state index in [1.54, 1.807) is 0 Å². The molecule has 7 heteroatoms. The summed E-state index contributed by atoms with van der Waals surface area (Å²) >= 11 is 0. The van der Waals surface area contributed by atoms with Crippen molar-refractivity contribution in [1.82, 2.24) is 5.32 Å². The molecule has 2 N–H and O–H groups in total. The van der Waals surface area contributed by atoms with Gasteiger partial charge in [-0.2, -0.15) is 0 Å². The fraction of sp³-hybridized carbons (Fsp3) is 0.0952. The van der Waals surface area contributed by atoms with Gasteiger partial charge in [-0.1, -0.05) is 48.5 Å². The van der Waals surface area contributed by atoms with Gasteiger partial charge in [0.25, 0.3) is 15.9 Å². The van der Waals surface area contributed by atoms with Gasteiger partial charge >= 0.3 is 0 Å². The highest BCUT2D eigenvalue weighted by molar-refractivity contribution is 7.92. The number of hydrogen-bond donors (Lipinski definition) is 2. The zero-order valence-corrected chi connectivity index (χ0v) is 15.9. The number of sulfonamides is 1. The van der Waals surface area contributed by atoms with E-state index in [-0.39, 0.29) is 22.2 Å². The van der Waals surface area contributed by atoms with Crippen LogP contribution in [0.2, 0.25) is 0 Å². The summed E-state index contributed by atoms with van der Waals surface area (Å²) in [6.45, 7) is 1.84. The quantitative estimate of drug-likeness (QED) is 0.656. The molecule has 0 fully saturated rings. The fourth-order valence-electron chi connectivity index (χ4n) is 2.66. The van der Waals surface area contributed by atoms with E-state index in [4.69, 9.17) is 0 Å². The fourth-order valence-corrected chi connectivity index (χ4v) is 3.77. The van der Waals surface area contributed by atoms with E-state index in [9.17, 15) is 17.6 Å². The number of para-hydroxylation sites is 1. The molecule has 0 aliphatic heterocycles. The maximum Gasteiger partial charge on any atom is 0.262 e. The molecule has 28 heavy (non-hydrogen) atoms. The first-order valence-electron chi connectivity index (χ1n) is 8.60. The van der Waals surface area contributed by atoms with Crippen molar-refractivity contribution in [2.75, 3.05) is 4.72 Å².